The van der Waals surface area contributed by atoms with Crippen molar-refractivity contribution in [2.45, 2.75) is 38.1 Å². The highest BCUT2D eigenvalue weighted by atomic mass is 16.2. The number of amides is 1. The first-order valence-corrected chi connectivity index (χ1v) is 9.40. The van der Waals surface area contributed by atoms with Gasteiger partial charge in [-0.1, -0.05) is 0 Å². The highest BCUT2D eigenvalue weighted by Crippen LogP contribution is 2.27. The second-order valence-corrected chi connectivity index (χ2v) is 7.19. The Balaban J connectivity index is 1.37. The predicted molar refractivity (Wildman–Crippen MR) is 95.4 cm³/mol. The van der Waals surface area contributed by atoms with Crippen LogP contribution in [0.25, 0.3) is 0 Å². The fourth-order valence-electron chi connectivity index (χ4n) is 3.93. The predicted octanol–water partition coefficient (Wildman–Crippen LogP) is 1.22. The van der Waals surface area contributed by atoms with Gasteiger partial charge < -0.3 is 9.47 Å². The fraction of sp³-hybridized carbons (Fsp3) is 0.611. The van der Waals surface area contributed by atoms with Crippen molar-refractivity contribution in [3.05, 3.63) is 35.7 Å². The molecule has 2 aromatic heterocycles. The summed E-state index contributed by atoms with van der Waals surface area (Å²) in [7, 11) is 2.07. The Morgan fingerprint density at radius 3 is 2.58 bits per heavy atom. The van der Waals surface area contributed by atoms with Crippen LogP contribution in [0.2, 0.25) is 0 Å². The summed E-state index contributed by atoms with van der Waals surface area (Å²) >= 11 is 0. The Labute approximate surface area is 153 Å². The molecule has 0 aromatic carbocycles. The molecule has 26 heavy (non-hydrogen) atoms. The van der Waals surface area contributed by atoms with E-state index < -0.39 is 0 Å². The molecule has 8 nitrogen and oxygen atoms in total. The second kappa shape index (κ2) is 7.49. The van der Waals surface area contributed by atoms with E-state index in [4.69, 9.17) is 0 Å². The van der Waals surface area contributed by atoms with E-state index >= 15 is 0 Å². The Kier molecular flexibility index (Phi) is 4.92. The molecule has 0 N–H and O–H groups in total. The molecule has 0 radical (unpaired) electrons. The lowest BCUT2D eigenvalue weighted by Crippen LogP contribution is -2.38. The number of piperidine rings is 1. The SMILES string of the molecule is Cn1c(CN2CCCC2)nnc1C1CCN(C(=O)c2cccnn2)CC1. The molecule has 0 bridgehead atoms. The quantitative estimate of drug-likeness (QED) is 0.820. The van der Waals surface area contributed by atoms with Gasteiger partial charge in [-0.15, -0.1) is 15.3 Å². The summed E-state index contributed by atoms with van der Waals surface area (Å²) in [6.45, 7) is 4.63. The van der Waals surface area contributed by atoms with Crippen molar-refractivity contribution in [1.82, 2.24) is 34.8 Å². The number of likely N-dealkylation sites (tertiary alicyclic amines) is 2. The van der Waals surface area contributed by atoms with Gasteiger partial charge >= 0.3 is 0 Å². The summed E-state index contributed by atoms with van der Waals surface area (Å²) in [4.78, 5) is 16.8. The summed E-state index contributed by atoms with van der Waals surface area (Å²) in [5.41, 5.74) is 0.414. The molecule has 4 heterocycles. The van der Waals surface area contributed by atoms with E-state index in [0.717, 1.165) is 44.1 Å². The number of hydrogen-bond acceptors (Lipinski definition) is 6. The number of aromatic nitrogens is 5. The molecular formula is C18H25N7O. The molecule has 0 unspecified atom stereocenters. The maximum absolute atomic E-state index is 12.5. The van der Waals surface area contributed by atoms with Crippen LogP contribution in [0.15, 0.2) is 18.3 Å². The average molecular weight is 355 g/mol. The zero-order chi connectivity index (χ0) is 17.9. The van der Waals surface area contributed by atoms with E-state index in [9.17, 15) is 4.79 Å². The fourth-order valence-corrected chi connectivity index (χ4v) is 3.93. The van der Waals surface area contributed by atoms with Crippen molar-refractivity contribution in [2.24, 2.45) is 7.05 Å². The normalized spacial score (nSPS) is 19.2. The van der Waals surface area contributed by atoms with Gasteiger partial charge in [0, 0.05) is 32.3 Å². The van der Waals surface area contributed by atoms with Crippen molar-refractivity contribution in [2.75, 3.05) is 26.2 Å². The summed E-state index contributed by atoms with van der Waals surface area (Å²) < 4.78 is 2.16. The van der Waals surface area contributed by atoms with Crippen LogP contribution in [-0.4, -0.2) is 66.8 Å². The van der Waals surface area contributed by atoms with E-state index in [1.54, 1.807) is 18.3 Å². The van der Waals surface area contributed by atoms with Gasteiger partial charge in [0.1, 0.15) is 11.6 Å². The molecule has 2 aliphatic heterocycles. The van der Waals surface area contributed by atoms with Crippen LogP contribution in [0, 0.1) is 0 Å². The molecular weight excluding hydrogens is 330 g/mol. The third-order valence-corrected chi connectivity index (χ3v) is 5.50. The minimum absolute atomic E-state index is 0.0377. The first-order chi connectivity index (χ1) is 12.7. The van der Waals surface area contributed by atoms with E-state index in [1.165, 1.54) is 12.8 Å². The first kappa shape index (κ1) is 17.1. The van der Waals surface area contributed by atoms with E-state index in [-0.39, 0.29) is 5.91 Å². The highest BCUT2D eigenvalue weighted by molar-refractivity contribution is 5.92. The second-order valence-electron chi connectivity index (χ2n) is 7.19. The van der Waals surface area contributed by atoms with E-state index in [2.05, 4.69) is 36.9 Å². The Morgan fingerprint density at radius 1 is 1.12 bits per heavy atom. The summed E-state index contributed by atoms with van der Waals surface area (Å²) in [5.74, 6) is 2.40. The number of carbonyl (C=O) groups is 1. The topological polar surface area (TPSA) is 80.0 Å². The molecule has 0 atom stereocenters. The molecule has 8 heteroatoms. The highest BCUT2D eigenvalue weighted by Gasteiger charge is 2.28. The molecule has 2 fully saturated rings. The lowest BCUT2D eigenvalue weighted by molar-refractivity contribution is 0.0703. The number of nitrogens with zero attached hydrogens (tertiary/aromatic N) is 7. The van der Waals surface area contributed by atoms with E-state index in [0.29, 0.717) is 24.7 Å². The van der Waals surface area contributed by atoms with Crippen molar-refractivity contribution in [3.8, 4) is 0 Å². The van der Waals surface area contributed by atoms with Crippen LogP contribution in [0.3, 0.4) is 0 Å². The van der Waals surface area contributed by atoms with Gasteiger partial charge in [-0.05, 0) is 50.9 Å². The largest absolute Gasteiger partial charge is 0.337 e. The van der Waals surface area contributed by atoms with Crippen molar-refractivity contribution in [1.29, 1.82) is 0 Å². The molecule has 2 aromatic rings. The lowest BCUT2D eigenvalue weighted by atomic mass is 9.95. The first-order valence-electron chi connectivity index (χ1n) is 9.40. The van der Waals surface area contributed by atoms with Gasteiger partial charge in [0.25, 0.3) is 5.91 Å². The molecule has 0 aliphatic carbocycles. The summed E-state index contributed by atoms with van der Waals surface area (Å²) in [6.07, 6.45) is 5.95. The van der Waals surface area contributed by atoms with Crippen LogP contribution in [0.5, 0.6) is 0 Å². The van der Waals surface area contributed by atoms with Crippen LogP contribution in [-0.2, 0) is 13.6 Å². The van der Waals surface area contributed by atoms with Gasteiger partial charge in [-0.3, -0.25) is 9.69 Å². The average Bonchev–Trinajstić information content (AvgIpc) is 3.33. The minimum Gasteiger partial charge on any atom is -0.337 e. The van der Waals surface area contributed by atoms with Gasteiger partial charge in [-0.25, -0.2) is 0 Å². The van der Waals surface area contributed by atoms with Gasteiger partial charge in [0.15, 0.2) is 5.69 Å². The molecule has 0 spiro atoms. The summed E-state index contributed by atoms with van der Waals surface area (Å²) in [6, 6.07) is 3.46. The molecule has 1 amide bonds. The molecule has 0 saturated carbocycles. The zero-order valence-corrected chi connectivity index (χ0v) is 15.2. The Morgan fingerprint density at radius 2 is 1.88 bits per heavy atom. The molecule has 138 valence electrons. The maximum atomic E-state index is 12.5. The van der Waals surface area contributed by atoms with Crippen LogP contribution < -0.4 is 0 Å². The number of carbonyl (C=O) groups excluding carboxylic acids is 1. The van der Waals surface area contributed by atoms with Gasteiger partial charge in [-0.2, -0.15) is 5.10 Å². The Hall–Kier alpha value is -2.35. The monoisotopic (exact) mass is 355 g/mol. The van der Waals surface area contributed by atoms with Crippen molar-refractivity contribution < 1.29 is 4.79 Å². The third kappa shape index (κ3) is 3.46. The lowest BCUT2D eigenvalue weighted by Gasteiger charge is -2.31. The minimum atomic E-state index is -0.0377. The standard InChI is InChI=1S/C18H25N7O/c1-23-16(13-24-9-2-3-10-24)21-22-17(23)14-6-11-25(12-7-14)18(26)15-5-4-8-19-20-15/h4-5,8,14H,2-3,6-7,9-13H2,1H3. The summed E-state index contributed by atoms with van der Waals surface area (Å²) in [5, 5.41) is 16.6. The van der Waals surface area contributed by atoms with Crippen molar-refractivity contribution >= 4 is 5.91 Å². The smallest absolute Gasteiger partial charge is 0.274 e. The van der Waals surface area contributed by atoms with E-state index in [1.807, 2.05) is 4.90 Å². The molecule has 2 saturated heterocycles. The van der Waals surface area contributed by atoms with Crippen LogP contribution in [0.4, 0.5) is 0 Å². The Bertz CT molecular complexity index is 746. The van der Waals surface area contributed by atoms with Gasteiger partial charge in [0.2, 0.25) is 0 Å². The van der Waals surface area contributed by atoms with Crippen LogP contribution >= 0.6 is 0 Å². The van der Waals surface area contributed by atoms with Crippen molar-refractivity contribution in [3.63, 3.8) is 0 Å². The maximum Gasteiger partial charge on any atom is 0.274 e. The third-order valence-electron chi connectivity index (χ3n) is 5.50. The van der Waals surface area contributed by atoms with Crippen LogP contribution in [0.1, 0.15) is 53.7 Å². The molecule has 2 aliphatic rings. The molecule has 4 rings (SSSR count). The number of hydrogen-bond donors (Lipinski definition) is 0. The zero-order valence-electron chi connectivity index (χ0n) is 15.2. The van der Waals surface area contributed by atoms with Gasteiger partial charge in [0.05, 0.1) is 6.54 Å². The number of rotatable bonds is 4.